The monoisotopic (exact) mass is 251 g/mol. The van der Waals surface area contributed by atoms with E-state index in [4.69, 9.17) is 0 Å². The second-order valence-electron chi connectivity index (χ2n) is 3.97. The lowest BCUT2D eigenvalue weighted by Crippen LogP contribution is -2.47. The average Bonchev–Trinajstić information content (AvgIpc) is 2.00. The molecule has 0 saturated carbocycles. The molecule has 0 aromatic rings. The molecule has 0 aromatic heterocycles. The van der Waals surface area contributed by atoms with E-state index in [9.17, 15) is 12.6 Å². The van der Waals surface area contributed by atoms with Crippen LogP contribution in [-0.4, -0.2) is 27.7 Å². The van der Waals surface area contributed by atoms with Crippen LogP contribution in [0.4, 0.5) is 0 Å². The predicted molar refractivity (Wildman–Crippen MR) is 66.2 cm³/mol. The molecule has 4 nitrogen and oxygen atoms in total. The fourth-order valence-corrected chi connectivity index (χ4v) is 4.89. The van der Waals surface area contributed by atoms with Crippen molar-refractivity contribution in [1.82, 2.24) is 3.71 Å². The first-order valence-corrected chi connectivity index (χ1v) is 7.42. The lowest BCUT2D eigenvalue weighted by atomic mass is 10.1. The Morgan fingerprint density at radius 3 is 1.67 bits per heavy atom. The maximum Gasteiger partial charge on any atom is 0.247 e. The van der Waals surface area contributed by atoms with Gasteiger partial charge in [-0.1, -0.05) is 13.2 Å². The summed E-state index contributed by atoms with van der Waals surface area (Å²) in [5.74, 6) is 3.38. The van der Waals surface area contributed by atoms with Crippen molar-refractivity contribution in [2.24, 2.45) is 0 Å². The highest BCUT2D eigenvalue weighted by atomic mass is 32.3. The molecule has 0 amide bonds. The highest BCUT2D eigenvalue weighted by Gasteiger charge is 2.36. The topological polar surface area (TPSA) is 54.5 Å². The number of rotatable bonds is 4. The van der Waals surface area contributed by atoms with Gasteiger partial charge in [-0.25, -0.2) is 12.6 Å². The van der Waals surface area contributed by atoms with Crippen LogP contribution in [0, 0.1) is 0 Å². The number of sulfonamides is 1. The predicted octanol–water partition coefficient (Wildman–Crippen LogP) is 1.34. The molecule has 0 aliphatic rings. The van der Waals surface area contributed by atoms with Gasteiger partial charge in [0.25, 0.3) is 0 Å². The molecule has 0 N–H and O–H groups in total. The Labute approximate surface area is 92.5 Å². The average molecular weight is 251 g/mol. The molecule has 0 fully saturated rings. The molecule has 15 heavy (non-hydrogen) atoms. The lowest BCUT2D eigenvalue weighted by molar-refractivity contribution is 0.371. The van der Waals surface area contributed by atoms with Gasteiger partial charge in [-0.05, 0) is 26.6 Å². The largest absolute Gasteiger partial charge is 0.247 e. The molecule has 0 rings (SSSR count). The molecule has 6 heteroatoms. The summed E-state index contributed by atoms with van der Waals surface area (Å²) in [6, 6.07) is 0. The number of hydrogen-bond donors (Lipinski definition) is 0. The van der Waals surface area contributed by atoms with Gasteiger partial charge < -0.3 is 0 Å². The van der Waals surface area contributed by atoms with E-state index in [-0.39, 0.29) is 0 Å². The van der Waals surface area contributed by atoms with Crippen molar-refractivity contribution in [3.05, 3.63) is 24.0 Å². The Morgan fingerprint density at radius 1 is 1.07 bits per heavy atom. The first-order valence-electron chi connectivity index (χ1n) is 4.17. The van der Waals surface area contributed by atoms with Crippen LogP contribution in [0.5, 0.6) is 0 Å². The normalized spacial score (nSPS) is 17.1. The summed E-state index contributed by atoms with van der Waals surface area (Å²) in [6.07, 6.45) is 0. The minimum atomic E-state index is -3.80. The van der Waals surface area contributed by atoms with E-state index < -0.39 is 25.3 Å². The van der Waals surface area contributed by atoms with Crippen molar-refractivity contribution in [1.29, 1.82) is 0 Å². The molecule has 0 bridgehead atoms. The maximum atomic E-state index is 12.0. The summed E-state index contributed by atoms with van der Waals surface area (Å²) in [6.45, 7) is 11.4. The summed E-state index contributed by atoms with van der Waals surface area (Å²) in [5.41, 5.74) is -0.847. The Bertz CT molecular complexity index is 414. The van der Waals surface area contributed by atoms with Gasteiger partial charge in [0.1, 0.15) is 0 Å². The highest BCUT2D eigenvalue weighted by Crippen LogP contribution is 2.24. The summed E-state index contributed by atoms with van der Waals surface area (Å²) < 4.78 is 36.2. The summed E-state index contributed by atoms with van der Waals surface area (Å²) in [7, 11) is -6.85. The third-order valence-corrected chi connectivity index (χ3v) is 5.97. The van der Waals surface area contributed by atoms with Gasteiger partial charge in [-0.2, -0.15) is 0 Å². The summed E-state index contributed by atoms with van der Waals surface area (Å²) >= 11 is 0. The van der Waals surface area contributed by atoms with E-state index >= 15 is 0 Å². The van der Waals surface area contributed by atoms with Crippen molar-refractivity contribution in [2.45, 2.75) is 26.3 Å². The smallest absolute Gasteiger partial charge is 0.247 e. The van der Waals surface area contributed by atoms with Gasteiger partial charge in [-0.15, -0.1) is 3.71 Å². The van der Waals surface area contributed by atoms with E-state index in [2.05, 4.69) is 19.0 Å². The zero-order chi connectivity index (χ0) is 12.5. The molecule has 0 heterocycles. The Balaban J connectivity index is 5.93. The van der Waals surface area contributed by atoms with E-state index in [1.807, 2.05) is 0 Å². The number of hydrogen-bond acceptors (Lipinski definition) is 3. The Morgan fingerprint density at radius 2 is 1.47 bits per heavy atom. The molecule has 0 aliphatic carbocycles. The Kier molecular flexibility index (Phi) is 3.95. The van der Waals surface area contributed by atoms with Crippen LogP contribution in [0.3, 0.4) is 0 Å². The van der Waals surface area contributed by atoms with Gasteiger partial charge in [0.15, 0.2) is 0 Å². The standard InChI is InChI=1S/C9H17NO3S2/c1-7-14(6,11)10(9(3,4)5)15(12,13)8-2/h7-8H,1-2,6H2,3-5H3. The molecular weight excluding hydrogens is 234 g/mol. The van der Waals surface area contributed by atoms with Crippen LogP contribution in [0.2, 0.25) is 0 Å². The van der Waals surface area contributed by atoms with Crippen molar-refractivity contribution in [3.63, 3.8) is 0 Å². The van der Waals surface area contributed by atoms with Crippen LogP contribution < -0.4 is 0 Å². The van der Waals surface area contributed by atoms with E-state index in [0.717, 1.165) is 14.5 Å². The molecule has 0 saturated heterocycles. The maximum absolute atomic E-state index is 12.0. The van der Waals surface area contributed by atoms with Crippen LogP contribution in [0.25, 0.3) is 0 Å². The SMILES string of the molecule is C=CS(=C)(=O)N(C(C)(C)C)S(=O)(=O)C=C. The quantitative estimate of drug-likeness (QED) is 0.708. The zero-order valence-electron chi connectivity index (χ0n) is 9.26. The first kappa shape index (κ1) is 14.4. The van der Waals surface area contributed by atoms with E-state index in [1.54, 1.807) is 20.8 Å². The van der Waals surface area contributed by atoms with Gasteiger partial charge in [0.05, 0.1) is 9.71 Å². The van der Waals surface area contributed by atoms with Crippen molar-refractivity contribution in [2.75, 3.05) is 0 Å². The fourth-order valence-electron chi connectivity index (χ4n) is 1.16. The van der Waals surface area contributed by atoms with Crippen LogP contribution in [-0.2, 0) is 19.7 Å². The molecule has 1 unspecified atom stereocenters. The third-order valence-electron chi connectivity index (χ3n) is 1.53. The Hall–Kier alpha value is -0.590. The highest BCUT2D eigenvalue weighted by molar-refractivity contribution is 8.11. The molecule has 0 spiro atoms. The van der Waals surface area contributed by atoms with Gasteiger partial charge in [0.2, 0.25) is 10.0 Å². The molecule has 1 atom stereocenters. The molecule has 0 aliphatic heterocycles. The third kappa shape index (κ3) is 3.19. The minimum Gasteiger partial charge on any atom is -0.247 e. The van der Waals surface area contributed by atoms with Crippen molar-refractivity contribution in [3.8, 4) is 0 Å². The fraction of sp³-hybridized carbons (Fsp3) is 0.444. The first-order chi connectivity index (χ1) is 6.49. The van der Waals surface area contributed by atoms with Crippen LogP contribution in [0.15, 0.2) is 24.0 Å². The minimum absolute atomic E-state index is 0.757. The van der Waals surface area contributed by atoms with Gasteiger partial charge in [0, 0.05) is 16.4 Å². The van der Waals surface area contributed by atoms with Crippen LogP contribution in [0.1, 0.15) is 20.8 Å². The molecule has 88 valence electrons. The summed E-state index contributed by atoms with van der Waals surface area (Å²) in [5, 5.41) is 1.80. The van der Waals surface area contributed by atoms with Gasteiger partial charge >= 0.3 is 0 Å². The second-order valence-corrected chi connectivity index (χ2v) is 8.00. The molecular formula is C9H17NO3S2. The molecule has 0 radical (unpaired) electrons. The van der Waals surface area contributed by atoms with Gasteiger partial charge in [-0.3, -0.25) is 0 Å². The lowest BCUT2D eigenvalue weighted by Gasteiger charge is -2.33. The van der Waals surface area contributed by atoms with E-state index in [0.29, 0.717) is 0 Å². The van der Waals surface area contributed by atoms with Crippen LogP contribution >= 0.6 is 0 Å². The molecule has 0 aromatic carbocycles. The second kappa shape index (κ2) is 4.11. The summed E-state index contributed by atoms with van der Waals surface area (Å²) in [4.78, 5) is 0. The van der Waals surface area contributed by atoms with Crippen molar-refractivity contribution < 1.29 is 12.6 Å². The zero-order valence-corrected chi connectivity index (χ0v) is 10.9. The van der Waals surface area contributed by atoms with E-state index in [1.165, 1.54) is 0 Å². The van der Waals surface area contributed by atoms with Crippen molar-refractivity contribution >= 4 is 25.6 Å². The number of nitrogens with zero attached hydrogens (tertiary/aromatic N) is 1.